The molecule has 0 aromatic carbocycles. The van der Waals surface area contributed by atoms with E-state index in [-0.39, 0.29) is 40.2 Å². The van der Waals surface area contributed by atoms with Gasteiger partial charge in [-0.3, -0.25) is 4.79 Å². The van der Waals surface area contributed by atoms with Crippen molar-refractivity contribution in [1.82, 2.24) is 15.4 Å². The lowest BCUT2D eigenvalue weighted by molar-refractivity contribution is -0.298. The van der Waals surface area contributed by atoms with E-state index in [9.17, 15) is 15.2 Å². The van der Waals surface area contributed by atoms with E-state index in [4.69, 9.17) is 8.85 Å². The molecule has 3 N–H and O–H groups in total. The molecule has 5 rings (SSSR count). The fourth-order valence-corrected chi connectivity index (χ4v) is 11.9. The van der Waals surface area contributed by atoms with Crippen LogP contribution in [0.15, 0.2) is 11.6 Å². The van der Waals surface area contributed by atoms with E-state index in [0.29, 0.717) is 18.4 Å². The summed E-state index contributed by atoms with van der Waals surface area (Å²) in [5, 5.41) is 31.3. The van der Waals surface area contributed by atoms with E-state index in [2.05, 4.69) is 80.0 Å². The Morgan fingerprint density at radius 2 is 1.31 bits per heavy atom. The molecule has 0 aromatic heterocycles. The second kappa shape index (κ2) is 11.0. The molecule has 10 heteroatoms. The van der Waals surface area contributed by atoms with Gasteiger partial charge >= 0.3 is 0 Å². The van der Waals surface area contributed by atoms with E-state index in [1.807, 2.05) is 19.9 Å². The third kappa shape index (κ3) is 5.79. The Labute approximate surface area is 275 Å². The minimum atomic E-state index is -2.15. The van der Waals surface area contributed by atoms with Gasteiger partial charge in [0.15, 0.2) is 16.6 Å². The van der Waals surface area contributed by atoms with Crippen LogP contribution in [-0.2, 0) is 13.6 Å². The minimum Gasteiger partial charge on any atom is -0.414 e. The van der Waals surface area contributed by atoms with Crippen LogP contribution in [0.2, 0.25) is 36.3 Å². The van der Waals surface area contributed by atoms with Crippen molar-refractivity contribution in [2.75, 3.05) is 0 Å². The molecule has 5 unspecified atom stereocenters. The maximum Gasteiger partial charge on any atom is 0.249 e. The number of nitrogens with one attached hydrogen (secondary N) is 1. The summed E-state index contributed by atoms with van der Waals surface area (Å²) in [6.45, 7) is 28.9. The summed E-state index contributed by atoms with van der Waals surface area (Å²) in [5.74, 6) is -0.196. The normalized spacial score (nSPS) is 39.9. The van der Waals surface area contributed by atoms with Crippen LogP contribution in [-0.4, -0.2) is 83.5 Å². The molecule has 3 fully saturated rings. The maximum atomic E-state index is 14.1. The molecule has 258 valence electrons. The molecule has 3 aliphatic heterocycles. The molecule has 0 aromatic rings. The third-order valence-corrected chi connectivity index (χ3v) is 22.9. The Kier molecular flexibility index (Phi) is 8.69. The van der Waals surface area contributed by atoms with Crippen LogP contribution < -0.4 is 5.32 Å². The molecule has 1 amide bonds. The van der Waals surface area contributed by atoms with Crippen LogP contribution in [0.4, 0.5) is 0 Å². The van der Waals surface area contributed by atoms with Crippen molar-refractivity contribution in [1.29, 1.82) is 0 Å². The Morgan fingerprint density at radius 3 is 1.87 bits per heavy atom. The molecular weight excluding hydrogens is 599 g/mol. The molecule has 1 saturated heterocycles. The van der Waals surface area contributed by atoms with Crippen molar-refractivity contribution in [2.24, 2.45) is 5.92 Å². The standard InChI is InChI=1S/C35H65N3O5Si2/c1-30(2,3)44(10,11)42-25-14-17-34(18-15-25)20-24-21-35(38(34)41)19-16-28(43-45(12,13)31(4,5)6)26(23-35)33(9)22-27(29(39)36-24)32(7,8)37(33)40/h22,24-26,28,40-41H,14-21,23H2,1-13H3,(H,36,39). The highest BCUT2D eigenvalue weighted by molar-refractivity contribution is 6.74. The van der Waals surface area contributed by atoms with Gasteiger partial charge in [-0.25, -0.2) is 0 Å². The number of hydrogen-bond donors (Lipinski definition) is 3. The van der Waals surface area contributed by atoms with Crippen LogP contribution in [0.1, 0.15) is 120 Å². The summed E-state index contributed by atoms with van der Waals surface area (Å²) in [5.41, 5.74) is -1.96. The zero-order valence-electron chi connectivity index (χ0n) is 30.8. The van der Waals surface area contributed by atoms with Crippen molar-refractivity contribution in [3.8, 4) is 0 Å². The lowest BCUT2D eigenvalue weighted by Crippen LogP contribution is -2.71. The number of carbonyl (C=O) groups is 1. The first-order valence-corrected chi connectivity index (χ1v) is 23.5. The van der Waals surface area contributed by atoms with E-state index in [1.54, 1.807) is 5.06 Å². The summed E-state index contributed by atoms with van der Waals surface area (Å²) in [4.78, 5) is 14.1. The molecule has 0 radical (unpaired) electrons. The molecule has 5 atom stereocenters. The van der Waals surface area contributed by atoms with Gasteiger partial charge in [0.2, 0.25) is 5.91 Å². The van der Waals surface area contributed by atoms with Crippen LogP contribution >= 0.6 is 0 Å². The molecule has 8 nitrogen and oxygen atoms in total. The summed E-state index contributed by atoms with van der Waals surface area (Å²) in [6.07, 6.45) is 9.45. The van der Waals surface area contributed by atoms with E-state index in [1.165, 1.54) is 5.06 Å². The summed E-state index contributed by atoms with van der Waals surface area (Å²) >= 11 is 0. The van der Waals surface area contributed by atoms with Gasteiger partial charge in [-0.05, 0) is 115 Å². The average Bonchev–Trinajstić information content (AvgIpc) is 3.08. The molecule has 2 spiro atoms. The smallest absolute Gasteiger partial charge is 0.249 e. The first-order valence-electron chi connectivity index (χ1n) is 17.7. The number of nitrogens with zero attached hydrogens (tertiary/aromatic N) is 2. The van der Waals surface area contributed by atoms with Crippen molar-refractivity contribution in [3.05, 3.63) is 11.6 Å². The maximum absolute atomic E-state index is 14.1. The molecular formula is C35H65N3O5Si2. The highest BCUT2D eigenvalue weighted by Gasteiger charge is 2.64. The highest BCUT2D eigenvalue weighted by Crippen LogP contribution is 2.58. The first-order chi connectivity index (χ1) is 20.3. The number of rotatable bonds is 4. The van der Waals surface area contributed by atoms with Crippen molar-refractivity contribution >= 4 is 22.5 Å². The predicted octanol–water partition coefficient (Wildman–Crippen LogP) is 7.77. The zero-order chi connectivity index (χ0) is 33.8. The molecule has 2 aliphatic carbocycles. The summed E-state index contributed by atoms with van der Waals surface area (Å²) in [6, 6.07) is -0.0499. The molecule has 3 heterocycles. The third-order valence-electron chi connectivity index (χ3n) is 13.9. The van der Waals surface area contributed by atoms with Crippen molar-refractivity contribution < 1.29 is 24.1 Å². The quantitative estimate of drug-likeness (QED) is 0.265. The first kappa shape index (κ1) is 35.7. The van der Waals surface area contributed by atoms with Gasteiger partial charge in [0.1, 0.15) is 0 Å². The lowest BCUT2D eigenvalue weighted by Gasteiger charge is -2.63. The SMILES string of the molecule is CC1(C)C2=CC(C)(C3CC4(CCC3O[Si](C)(C)C(C)(C)C)CC(CC3(CCC(O[Si](C)(C)C(C)(C)C)CC3)N4O)NC2=O)N1O. The fraction of sp³-hybridized carbons (Fsp3) is 0.914. The van der Waals surface area contributed by atoms with Gasteiger partial charge < -0.3 is 24.6 Å². The van der Waals surface area contributed by atoms with Crippen LogP contribution in [0.3, 0.4) is 0 Å². The van der Waals surface area contributed by atoms with E-state index in [0.717, 1.165) is 44.9 Å². The second-order valence-electron chi connectivity index (χ2n) is 19.3. The monoisotopic (exact) mass is 663 g/mol. The van der Waals surface area contributed by atoms with E-state index >= 15 is 0 Å². The molecule has 5 aliphatic rings. The van der Waals surface area contributed by atoms with Gasteiger partial charge in [0.25, 0.3) is 0 Å². The predicted molar refractivity (Wildman–Crippen MR) is 184 cm³/mol. The number of fused-ring (bicyclic) bond motifs is 4. The van der Waals surface area contributed by atoms with Gasteiger partial charge in [0, 0.05) is 34.7 Å². The summed E-state index contributed by atoms with van der Waals surface area (Å²) < 4.78 is 14.1. The Hall–Kier alpha value is -0.596. The highest BCUT2D eigenvalue weighted by atomic mass is 28.4. The number of carbonyl (C=O) groups excluding carboxylic acids is 1. The van der Waals surface area contributed by atoms with Crippen molar-refractivity contribution in [3.63, 3.8) is 0 Å². The topological polar surface area (TPSA) is 94.5 Å². The molecule has 2 saturated carbocycles. The lowest BCUT2D eigenvalue weighted by atomic mass is 9.60. The van der Waals surface area contributed by atoms with Gasteiger partial charge in [-0.2, -0.15) is 10.1 Å². The van der Waals surface area contributed by atoms with Crippen LogP contribution in [0.25, 0.3) is 0 Å². The van der Waals surface area contributed by atoms with Crippen LogP contribution in [0.5, 0.6) is 0 Å². The van der Waals surface area contributed by atoms with E-state index < -0.39 is 38.8 Å². The fourth-order valence-electron chi connectivity index (χ4n) is 9.05. The molecule has 45 heavy (non-hydrogen) atoms. The second-order valence-corrected chi connectivity index (χ2v) is 28.8. The Balaban J connectivity index is 1.52. The average molecular weight is 664 g/mol. The number of piperidine rings is 1. The van der Waals surface area contributed by atoms with Crippen LogP contribution in [0, 0.1) is 5.92 Å². The van der Waals surface area contributed by atoms with Gasteiger partial charge in [-0.1, -0.05) is 47.6 Å². The zero-order valence-corrected chi connectivity index (χ0v) is 32.8. The number of hydroxylamine groups is 4. The largest absolute Gasteiger partial charge is 0.414 e. The van der Waals surface area contributed by atoms with Gasteiger partial charge in [0.05, 0.1) is 17.2 Å². The minimum absolute atomic E-state index is 0.0435. The van der Waals surface area contributed by atoms with Crippen molar-refractivity contribution in [2.45, 2.75) is 197 Å². The van der Waals surface area contributed by atoms with Gasteiger partial charge in [-0.15, -0.1) is 0 Å². The Morgan fingerprint density at radius 1 is 0.800 bits per heavy atom. The summed E-state index contributed by atoms with van der Waals surface area (Å²) in [7, 11) is -4.06. The Bertz CT molecular complexity index is 1200. The molecule has 5 bridgehead atoms. The number of amides is 1. The number of hydrogen-bond acceptors (Lipinski definition) is 7.